The Hall–Kier alpha value is -0.740. The van der Waals surface area contributed by atoms with Gasteiger partial charge in [0.15, 0.2) is 11.6 Å². The summed E-state index contributed by atoms with van der Waals surface area (Å²) in [5, 5.41) is 0. The van der Waals surface area contributed by atoms with Crippen molar-refractivity contribution in [1.82, 2.24) is 0 Å². The van der Waals surface area contributed by atoms with E-state index >= 15 is 0 Å². The van der Waals surface area contributed by atoms with Gasteiger partial charge < -0.3 is 5.73 Å². The fraction of sp³-hybridized carbons (Fsp3) is 0.500. The first-order valence-electron chi connectivity index (χ1n) is 5.32. The fourth-order valence-corrected chi connectivity index (χ4v) is 1.54. The zero-order valence-electron chi connectivity index (χ0n) is 9.84. The van der Waals surface area contributed by atoms with Crippen molar-refractivity contribution in [2.75, 3.05) is 0 Å². The van der Waals surface area contributed by atoms with Crippen LogP contribution < -0.4 is 5.73 Å². The molecule has 1 nitrogen and oxygen atoms in total. The molecule has 17 heavy (non-hydrogen) atoms. The van der Waals surface area contributed by atoms with Crippen LogP contribution in [0.5, 0.6) is 0 Å². The Morgan fingerprint density at radius 3 is 2.12 bits per heavy atom. The molecule has 0 fully saturated rings. The van der Waals surface area contributed by atoms with E-state index < -0.39 is 23.5 Å². The maximum atomic E-state index is 13.3. The molecule has 0 aromatic heterocycles. The monoisotopic (exact) mass is 267 g/mol. The van der Waals surface area contributed by atoms with Crippen molar-refractivity contribution in [1.29, 1.82) is 0 Å². The van der Waals surface area contributed by atoms with Gasteiger partial charge in [0.25, 0.3) is 0 Å². The SMILES string of the molecule is CC(C)CC[C@@H](N)c1c(F)ccc(F)c1F.Cl. The van der Waals surface area contributed by atoms with Crippen molar-refractivity contribution in [3.63, 3.8) is 0 Å². The van der Waals surface area contributed by atoms with Crippen LogP contribution in [0.2, 0.25) is 0 Å². The average molecular weight is 268 g/mol. The lowest BCUT2D eigenvalue weighted by molar-refractivity contribution is 0.440. The Morgan fingerprint density at radius 1 is 1.06 bits per heavy atom. The van der Waals surface area contributed by atoms with E-state index in [0.29, 0.717) is 12.3 Å². The second kappa shape index (κ2) is 6.87. The molecule has 0 amide bonds. The van der Waals surface area contributed by atoms with Gasteiger partial charge in [0, 0.05) is 11.6 Å². The zero-order valence-corrected chi connectivity index (χ0v) is 10.7. The second-order valence-corrected chi connectivity index (χ2v) is 4.33. The van der Waals surface area contributed by atoms with Crippen molar-refractivity contribution in [2.45, 2.75) is 32.7 Å². The molecular weight excluding hydrogens is 251 g/mol. The lowest BCUT2D eigenvalue weighted by Gasteiger charge is -2.15. The molecule has 1 rings (SSSR count). The molecule has 1 atom stereocenters. The van der Waals surface area contributed by atoms with Crippen molar-refractivity contribution in [3.05, 3.63) is 35.1 Å². The molecule has 0 unspecified atom stereocenters. The summed E-state index contributed by atoms with van der Waals surface area (Å²) in [4.78, 5) is 0. The Morgan fingerprint density at radius 2 is 1.59 bits per heavy atom. The Bertz CT molecular complexity index is 369. The highest BCUT2D eigenvalue weighted by Crippen LogP contribution is 2.25. The normalized spacial score (nSPS) is 12.4. The summed E-state index contributed by atoms with van der Waals surface area (Å²) >= 11 is 0. The van der Waals surface area contributed by atoms with Crippen molar-refractivity contribution >= 4 is 12.4 Å². The van der Waals surface area contributed by atoms with Gasteiger partial charge >= 0.3 is 0 Å². The predicted molar refractivity (Wildman–Crippen MR) is 64.6 cm³/mol. The Balaban J connectivity index is 0.00000256. The summed E-state index contributed by atoms with van der Waals surface area (Å²) < 4.78 is 39.6. The lowest BCUT2D eigenvalue weighted by atomic mass is 9.97. The molecule has 0 saturated carbocycles. The zero-order chi connectivity index (χ0) is 12.3. The molecule has 1 aromatic rings. The molecule has 0 spiro atoms. The number of benzene rings is 1. The maximum absolute atomic E-state index is 13.3. The third-order valence-corrected chi connectivity index (χ3v) is 2.51. The van der Waals surface area contributed by atoms with Crippen molar-refractivity contribution in [2.24, 2.45) is 11.7 Å². The second-order valence-electron chi connectivity index (χ2n) is 4.33. The first kappa shape index (κ1) is 16.3. The first-order valence-corrected chi connectivity index (χ1v) is 5.32. The van der Waals surface area contributed by atoms with Crippen LogP contribution in [0.4, 0.5) is 13.2 Å². The Kier molecular flexibility index (Phi) is 6.57. The maximum Gasteiger partial charge on any atom is 0.166 e. The third kappa shape index (κ3) is 4.21. The largest absolute Gasteiger partial charge is 0.324 e. The number of hydrogen-bond acceptors (Lipinski definition) is 1. The minimum Gasteiger partial charge on any atom is -0.324 e. The van der Waals surface area contributed by atoms with E-state index in [1.54, 1.807) is 0 Å². The van der Waals surface area contributed by atoms with Gasteiger partial charge in [-0.15, -0.1) is 12.4 Å². The summed E-state index contributed by atoms with van der Waals surface area (Å²) in [5.41, 5.74) is 5.32. The molecule has 2 N–H and O–H groups in total. The molecule has 1 aromatic carbocycles. The standard InChI is InChI=1S/C12H16F3N.ClH/c1-7(2)3-6-10(16)11-8(13)4-5-9(14)12(11)15;/h4-5,7,10H,3,6,16H2,1-2H3;1H/t10-;/m1./s1. The molecule has 0 radical (unpaired) electrons. The predicted octanol–water partition coefficient (Wildman–Crippen LogP) is 3.96. The minimum atomic E-state index is -1.17. The van der Waals surface area contributed by atoms with Gasteiger partial charge in [0.2, 0.25) is 0 Å². The summed E-state index contributed by atoms with van der Waals surface area (Å²) in [6.07, 6.45) is 1.19. The minimum absolute atomic E-state index is 0. The third-order valence-electron chi connectivity index (χ3n) is 2.51. The van der Waals surface area contributed by atoms with E-state index in [0.717, 1.165) is 18.6 Å². The molecule has 0 aliphatic rings. The van der Waals surface area contributed by atoms with E-state index in [1.165, 1.54) is 0 Å². The van der Waals surface area contributed by atoms with Crippen LogP contribution in [0.3, 0.4) is 0 Å². The van der Waals surface area contributed by atoms with Crippen LogP contribution in [0.1, 0.15) is 38.3 Å². The summed E-state index contributed by atoms with van der Waals surface area (Å²) in [5.74, 6) is -2.62. The number of rotatable bonds is 4. The van der Waals surface area contributed by atoms with E-state index in [2.05, 4.69) is 0 Å². The van der Waals surface area contributed by atoms with Crippen LogP contribution in [0.25, 0.3) is 0 Å². The Labute approximate surface area is 106 Å². The van der Waals surface area contributed by atoms with Crippen LogP contribution in [0.15, 0.2) is 12.1 Å². The van der Waals surface area contributed by atoms with Gasteiger partial charge in [-0.3, -0.25) is 0 Å². The molecule has 98 valence electrons. The topological polar surface area (TPSA) is 26.0 Å². The number of nitrogens with two attached hydrogens (primary N) is 1. The van der Waals surface area contributed by atoms with Gasteiger partial charge in [-0.1, -0.05) is 13.8 Å². The molecule has 0 heterocycles. The summed E-state index contributed by atoms with van der Waals surface area (Å²) in [6.45, 7) is 3.98. The summed E-state index contributed by atoms with van der Waals surface area (Å²) in [6, 6.07) is 0.880. The molecule has 0 bridgehead atoms. The van der Waals surface area contributed by atoms with Gasteiger partial charge in [0.05, 0.1) is 0 Å². The first-order chi connectivity index (χ1) is 7.43. The van der Waals surface area contributed by atoms with Crippen molar-refractivity contribution in [3.8, 4) is 0 Å². The molecule has 0 aliphatic heterocycles. The average Bonchev–Trinajstić information content (AvgIpc) is 2.21. The van der Waals surface area contributed by atoms with Gasteiger partial charge in [-0.25, -0.2) is 13.2 Å². The smallest absolute Gasteiger partial charge is 0.166 e. The van der Waals surface area contributed by atoms with Crippen LogP contribution in [-0.4, -0.2) is 0 Å². The summed E-state index contributed by atoms with van der Waals surface area (Å²) in [7, 11) is 0. The van der Waals surface area contributed by atoms with E-state index in [1.807, 2.05) is 13.8 Å². The molecular formula is C12H17ClF3N. The lowest BCUT2D eigenvalue weighted by Crippen LogP contribution is -2.16. The molecule has 0 aliphatic carbocycles. The molecule has 5 heteroatoms. The van der Waals surface area contributed by atoms with E-state index in [9.17, 15) is 13.2 Å². The van der Waals surface area contributed by atoms with Gasteiger partial charge in [-0.2, -0.15) is 0 Å². The van der Waals surface area contributed by atoms with Crippen LogP contribution in [-0.2, 0) is 0 Å². The highest BCUT2D eigenvalue weighted by Gasteiger charge is 2.19. The van der Waals surface area contributed by atoms with Crippen LogP contribution >= 0.6 is 12.4 Å². The quantitative estimate of drug-likeness (QED) is 0.821. The van der Waals surface area contributed by atoms with E-state index in [-0.39, 0.29) is 18.0 Å². The number of hydrogen-bond donors (Lipinski definition) is 1. The molecule has 0 saturated heterocycles. The van der Waals surface area contributed by atoms with Crippen molar-refractivity contribution < 1.29 is 13.2 Å². The van der Waals surface area contributed by atoms with Gasteiger partial charge in [-0.05, 0) is 30.9 Å². The van der Waals surface area contributed by atoms with Gasteiger partial charge in [0.1, 0.15) is 5.82 Å². The fourth-order valence-electron chi connectivity index (χ4n) is 1.54. The van der Waals surface area contributed by atoms with E-state index in [4.69, 9.17) is 5.73 Å². The van der Waals surface area contributed by atoms with Crippen LogP contribution in [0, 0.1) is 23.4 Å². The number of halogens is 4. The highest BCUT2D eigenvalue weighted by atomic mass is 35.5. The highest BCUT2D eigenvalue weighted by molar-refractivity contribution is 5.85.